The Hall–Kier alpha value is -2.80. The van der Waals surface area contributed by atoms with E-state index in [-0.39, 0.29) is 5.75 Å². The van der Waals surface area contributed by atoms with E-state index in [4.69, 9.17) is 6.42 Å². The molecule has 0 aliphatic heterocycles. The number of phenolic OH excluding ortho intramolecular Hbond substituents is 1. The van der Waals surface area contributed by atoms with Crippen LogP contribution in [0, 0.1) is 12.3 Å². The summed E-state index contributed by atoms with van der Waals surface area (Å²) in [5.74, 6) is 2.61. The van der Waals surface area contributed by atoms with Gasteiger partial charge in [0.05, 0.1) is 0 Å². The maximum absolute atomic E-state index is 9.84. The highest BCUT2D eigenvalue weighted by atomic mass is 16.3. The zero-order chi connectivity index (χ0) is 12.5. The third-order valence-corrected chi connectivity index (χ3v) is 2.64. The summed E-state index contributed by atoms with van der Waals surface area (Å²) >= 11 is 0. The van der Waals surface area contributed by atoms with Crippen LogP contribution in [-0.2, 0) is 0 Å². The van der Waals surface area contributed by atoms with E-state index in [1.54, 1.807) is 18.2 Å². The second kappa shape index (κ2) is 3.90. The molecule has 4 nitrogen and oxygen atoms in total. The highest BCUT2D eigenvalue weighted by Crippen LogP contribution is 2.22. The van der Waals surface area contributed by atoms with E-state index >= 15 is 0 Å². The van der Waals surface area contributed by atoms with Crippen LogP contribution >= 0.6 is 0 Å². The van der Waals surface area contributed by atoms with E-state index in [0.29, 0.717) is 11.3 Å². The third kappa shape index (κ3) is 1.59. The topological polar surface area (TPSA) is 50.9 Å². The van der Waals surface area contributed by atoms with E-state index in [9.17, 15) is 5.11 Å². The number of fused-ring (bicyclic) bond motifs is 1. The molecule has 1 N–H and O–H groups in total. The summed E-state index contributed by atoms with van der Waals surface area (Å²) in [6.45, 7) is 0. The molecule has 0 amide bonds. The van der Waals surface area contributed by atoms with Crippen molar-refractivity contribution < 1.29 is 5.11 Å². The molecular formula is C14H9N3O. The van der Waals surface area contributed by atoms with E-state index in [2.05, 4.69) is 16.1 Å². The Labute approximate surface area is 103 Å². The second-order valence-electron chi connectivity index (χ2n) is 3.83. The average Bonchev–Trinajstić information content (AvgIpc) is 2.82. The van der Waals surface area contributed by atoms with Gasteiger partial charge >= 0.3 is 0 Å². The molecule has 1 aromatic heterocycles. The van der Waals surface area contributed by atoms with Gasteiger partial charge in [-0.2, -0.15) is 0 Å². The van der Waals surface area contributed by atoms with Gasteiger partial charge in [0.2, 0.25) is 0 Å². The SMILES string of the molecule is C#Cc1ccc(O)c(-n2nc3ccccc3n2)c1. The minimum atomic E-state index is 0.0920. The molecular weight excluding hydrogens is 226 g/mol. The van der Waals surface area contributed by atoms with Crippen LogP contribution in [0.2, 0.25) is 0 Å². The quantitative estimate of drug-likeness (QED) is 0.657. The van der Waals surface area contributed by atoms with Gasteiger partial charge in [-0.25, -0.2) is 0 Å². The molecule has 0 unspecified atom stereocenters. The predicted octanol–water partition coefficient (Wildman–Crippen LogP) is 2.11. The molecule has 0 spiro atoms. The van der Waals surface area contributed by atoms with Crippen LogP contribution in [0.3, 0.4) is 0 Å². The van der Waals surface area contributed by atoms with Crippen molar-refractivity contribution >= 4 is 11.0 Å². The van der Waals surface area contributed by atoms with Gasteiger partial charge in [0.1, 0.15) is 22.5 Å². The molecule has 18 heavy (non-hydrogen) atoms. The maximum Gasteiger partial charge on any atom is 0.143 e. The number of rotatable bonds is 1. The average molecular weight is 235 g/mol. The number of hydrogen-bond donors (Lipinski definition) is 1. The van der Waals surface area contributed by atoms with E-state index in [1.807, 2.05) is 24.3 Å². The zero-order valence-corrected chi connectivity index (χ0v) is 9.41. The number of nitrogens with zero attached hydrogens (tertiary/aromatic N) is 3. The Morgan fingerprint density at radius 1 is 1.06 bits per heavy atom. The Morgan fingerprint density at radius 2 is 1.72 bits per heavy atom. The largest absolute Gasteiger partial charge is 0.506 e. The van der Waals surface area contributed by atoms with E-state index in [1.165, 1.54) is 4.80 Å². The van der Waals surface area contributed by atoms with Crippen molar-refractivity contribution in [2.24, 2.45) is 0 Å². The fourth-order valence-electron chi connectivity index (χ4n) is 1.74. The highest BCUT2D eigenvalue weighted by molar-refractivity contribution is 5.73. The van der Waals surface area contributed by atoms with Gasteiger partial charge < -0.3 is 5.11 Å². The smallest absolute Gasteiger partial charge is 0.143 e. The molecule has 0 aliphatic carbocycles. The van der Waals surface area contributed by atoms with Crippen LogP contribution in [-0.4, -0.2) is 20.1 Å². The Bertz CT molecular complexity index is 735. The lowest BCUT2D eigenvalue weighted by atomic mass is 10.2. The molecule has 86 valence electrons. The van der Waals surface area contributed by atoms with E-state index < -0.39 is 0 Å². The number of phenols is 1. The maximum atomic E-state index is 9.84. The monoisotopic (exact) mass is 235 g/mol. The molecule has 0 saturated heterocycles. The fourth-order valence-corrected chi connectivity index (χ4v) is 1.74. The van der Waals surface area contributed by atoms with Gasteiger partial charge in [-0.15, -0.1) is 21.4 Å². The lowest BCUT2D eigenvalue weighted by molar-refractivity contribution is 0.467. The van der Waals surface area contributed by atoms with Crippen molar-refractivity contribution in [1.82, 2.24) is 15.0 Å². The molecule has 0 bridgehead atoms. The number of terminal acetylenes is 1. The highest BCUT2D eigenvalue weighted by Gasteiger charge is 2.08. The van der Waals surface area contributed by atoms with Gasteiger partial charge in [-0.1, -0.05) is 18.1 Å². The summed E-state index contributed by atoms with van der Waals surface area (Å²) in [4.78, 5) is 1.39. The Morgan fingerprint density at radius 3 is 2.33 bits per heavy atom. The van der Waals surface area contributed by atoms with Crippen molar-refractivity contribution in [1.29, 1.82) is 0 Å². The van der Waals surface area contributed by atoms with Gasteiger partial charge in [-0.05, 0) is 30.3 Å². The summed E-state index contributed by atoms with van der Waals surface area (Å²) in [7, 11) is 0. The van der Waals surface area contributed by atoms with Crippen LogP contribution in [0.4, 0.5) is 0 Å². The molecule has 0 radical (unpaired) electrons. The summed E-state index contributed by atoms with van der Waals surface area (Å²) in [6, 6.07) is 12.4. The summed E-state index contributed by atoms with van der Waals surface area (Å²) < 4.78 is 0. The second-order valence-corrected chi connectivity index (χ2v) is 3.83. The first-order chi connectivity index (χ1) is 8.78. The van der Waals surface area contributed by atoms with Crippen molar-refractivity contribution in [3.63, 3.8) is 0 Å². The first-order valence-corrected chi connectivity index (χ1v) is 5.40. The molecule has 3 rings (SSSR count). The lowest BCUT2D eigenvalue weighted by Crippen LogP contribution is -1.99. The molecule has 0 fully saturated rings. The van der Waals surface area contributed by atoms with Crippen LogP contribution in [0.25, 0.3) is 16.7 Å². The minimum Gasteiger partial charge on any atom is -0.506 e. The van der Waals surface area contributed by atoms with Crippen molar-refractivity contribution in [2.45, 2.75) is 0 Å². The Kier molecular flexibility index (Phi) is 2.24. The third-order valence-electron chi connectivity index (χ3n) is 2.64. The van der Waals surface area contributed by atoms with Crippen LogP contribution in [0.15, 0.2) is 42.5 Å². The number of aromatic nitrogens is 3. The summed E-state index contributed by atoms with van der Waals surface area (Å²) in [5, 5.41) is 18.4. The van der Waals surface area contributed by atoms with Crippen molar-refractivity contribution in [3.8, 4) is 23.8 Å². The molecule has 0 aliphatic rings. The molecule has 2 aromatic carbocycles. The first kappa shape index (κ1) is 10.4. The molecule has 0 atom stereocenters. The van der Waals surface area contributed by atoms with Crippen LogP contribution < -0.4 is 0 Å². The summed E-state index contributed by atoms with van der Waals surface area (Å²) in [5.41, 5.74) is 2.68. The standard InChI is InChI=1S/C14H9N3O/c1-2-10-7-8-14(18)13(9-10)17-15-11-5-3-4-6-12(11)16-17/h1,3-9,18H. The Balaban J connectivity index is 2.22. The first-order valence-electron chi connectivity index (χ1n) is 5.40. The zero-order valence-electron chi connectivity index (χ0n) is 9.41. The molecule has 3 aromatic rings. The fraction of sp³-hybridized carbons (Fsp3) is 0. The van der Waals surface area contributed by atoms with Crippen LogP contribution in [0.5, 0.6) is 5.75 Å². The van der Waals surface area contributed by atoms with Crippen molar-refractivity contribution in [2.75, 3.05) is 0 Å². The normalized spacial score (nSPS) is 10.4. The molecule has 0 saturated carbocycles. The minimum absolute atomic E-state index is 0.0920. The number of aromatic hydroxyl groups is 1. The van der Waals surface area contributed by atoms with Gasteiger partial charge in [0.15, 0.2) is 0 Å². The van der Waals surface area contributed by atoms with Crippen LogP contribution in [0.1, 0.15) is 5.56 Å². The number of hydrogen-bond acceptors (Lipinski definition) is 3. The predicted molar refractivity (Wildman–Crippen MR) is 68.5 cm³/mol. The van der Waals surface area contributed by atoms with Crippen molar-refractivity contribution in [3.05, 3.63) is 48.0 Å². The molecule has 1 heterocycles. The van der Waals surface area contributed by atoms with E-state index in [0.717, 1.165) is 11.0 Å². The molecule has 4 heteroatoms. The summed E-state index contributed by atoms with van der Waals surface area (Å²) in [6.07, 6.45) is 5.34. The lowest BCUT2D eigenvalue weighted by Gasteiger charge is -2.03. The van der Waals surface area contributed by atoms with Gasteiger partial charge in [0, 0.05) is 5.56 Å². The van der Waals surface area contributed by atoms with Gasteiger partial charge in [0.25, 0.3) is 0 Å². The number of benzene rings is 2. The van der Waals surface area contributed by atoms with Gasteiger partial charge in [-0.3, -0.25) is 0 Å².